The highest BCUT2D eigenvalue weighted by molar-refractivity contribution is 7.17. The number of ether oxygens (including phenoxy) is 4. The fourth-order valence-electron chi connectivity index (χ4n) is 3.31. The second-order valence-electron chi connectivity index (χ2n) is 8.78. The molecule has 4 rings (SSSR count). The lowest BCUT2D eigenvalue weighted by Crippen LogP contribution is -2.09. The molecule has 0 aliphatic rings. The zero-order chi connectivity index (χ0) is 32.6. The number of benzene rings is 3. The maximum Gasteiger partial charge on any atom is 0.330 e. The maximum atomic E-state index is 14.6. The molecule has 0 unspecified atom stereocenters. The Bertz CT molecular complexity index is 1740. The molecule has 4 aromatic rings. The van der Waals surface area contributed by atoms with Crippen LogP contribution in [-0.2, 0) is 19.1 Å². The minimum atomic E-state index is -0.609. The number of rotatable bonds is 16. The maximum absolute atomic E-state index is 14.6. The molecule has 0 fully saturated rings. The molecule has 0 spiro atoms. The van der Waals surface area contributed by atoms with E-state index in [0.717, 1.165) is 12.2 Å². The molecule has 0 atom stereocenters. The zero-order valence-corrected chi connectivity index (χ0v) is 25.1. The number of carbonyl (C=O) groups excluding carboxylic acids is 2. The number of halogens is 1. The van der Waals surface area contributed by atoms with Crippen LogP contribution >= 0.6 is 11.3 Å². The summed E-state index contributed by atoms with van der Waals surface area (Å²) in [5, 5.41) is 25.8. The average molecular weight is 643 g/mol. The summed E-state index contributed by atoms with van der Waals surface area (Å²) in [5.41, 5.74) is 2.03. The lowest BCUT2D eigenvalue weighted by atomic mass is 10.3. The monoisotopic (exact) mass is 642 g/mol. The summed E-state index contributed by atoms with van der Waals surface area (Å²) in [4.78, 5) is 22.1. The first-order valence-corrected chi connectivity index (χ1v) is 14.4. The van der Waals surface area contributed by atoms with Crippen LogP contribution in [0, 0.1) is 5.82 Å². The molecule has 3 aromatic carbocycles. The normalized spacial score (nSPS) is 11.2. The first kappa shape index (κ1) is 33.0. The van der Waals surface area contributed by atoms with E-state index in [1.807, 2.05) is 0 Å². The third-order valence-electron chi connectivity index (χ3n) is 5.50. The van der Waals surface area contributed by atoms with Crippen molar-refractivity contribution in [3.8, 4) is 10.8 Å². The van der Waals surface area contributed by atoms with E-state index in [4.69, 9.17) is 18.9 Å². The topological polar surface area (TPSA) is 145 Å². The van der Waals surface area contributed by atoms with Gasteiger partial charge in [-0.05, 0) is 72.8 Å². The van der Waals surface area contributed by atoms with Crippen LogP contribution in [0.15, 0.2) is 135 Å². The van der Waals surface area contributed by atoms with Crippen molar-refractivity contribution in [1.29, 1.82) is 0 Å². The van der Waals surface area contributed by atoms with Crippen molar-refractivity contribution < 1.29 is 32.9 Å². The first-order valence-electron chi connectivity index (χ1n) is 13.6. The van der Waals surface area contributed by atoms with Crippen molar-refractivity contribution in [2.24, 2.45) is 30.7 Å². The number of carbonyl (C=O) groups is 2. The Morgan fingerprint density at radius 3 is 1.74 bits per heavy atom. The van der Waals surface area contributed by atoms with Gasteiger partial charge >= 0.3 is 11.9 Å². The van der Waals surface area contributed by atoms with Crippen LogP contribution < -0.4 is 9.47 Å². The summed E-state index contributed by atoms with van der Waals surface area (Å²) in [6, 6.07) is 21.4. The van der Waals surface area contributed by atoms with Crippen LogP contribution in [-0.4, -0.2) is 38.4 Å². The molecule has 0 radical (unpaired) electrons. The fourth-order valence-corrected chi connectivity index (χ4v) is 4.02. The Morgan fingerprint density at radius 1 is 0.630 bits per heavy atom. The lowest BCUT2D eigenvalue weighted by Gasteiger charge is -2.06. The Labute approximate surface area is 267 Å². The van der Waals surface area contributed by atoms with Crippen LogP contribution in [0.1, 0.15) is 0 Å². The van der Waals surface area contributed by atoms with Gasteiger partial charge < -0.3 is 18.9 Å². The number of azo groups is 3. The molecule has 0 amide bonds. The Morgan fingerprint density at radius 2 is 1.15 bits per heavy atom. The third-order valence-corrected chi connectivity index (χ3v) is 6.39. The smallest absolute Gasteiger partial charge is 0.330 e. The van der Waals surface area contributed by atoms with Gasteiger partial charge in [0.15, 0.2) is 10.9 Å². The van der Waals surface area contributed by atoms with E-state index < -0.39 is 17.8 Å². The lowest BCUT2D eigenvalue weighted by molar-refractivity contribution is -0.139. The number of esters is 2. The molecule has 0 aliphatic carbocycles. The average Bonchev–Trinajstić information content (AvgIpc) is 3.54. The van der Waals surface area contributed by atoms with Crippen LogP contribution in [0.5, 0.6) is 10.8 Å². The number of nitrogens with zero attached hydrogens (tertiary/aromatic N) is 6. The quantitative estimate of drug-likeness (QED) is 0.0515. The fraction of sp³-hybridized carbons (Fsp3) is 0.125. The van der Waals surface area contributed by atoms with Gasteiger partial charge in [0.2, 0.25) is 0 Å². The first-order chi connectivity index (χ1) is 22.4. The van der Waals surface area contributed by atoms with Gasteiger partial charge in [0.05, 0.1) is 22.7 Å². The Balaban J connectivity index is 1.24. The highest BCUT2D eigenvalue weighted by atomic mass is 32.1. The summed E-state index contributed by atoms with van der Waals surface area (Å²) in [6.07, 6.45) is 2.17. The van der Waals surface area contributed by atoms with Gasteiger partial charge in [0.25, 0.3) is 0 Å². The Hall–Kier alpha value is -5.89. The summed E-state index contributed by atoms with van der Waals surface area (Å²) in [7, 11) is 0. The molecule has 14 heteroatoms. The molecular formula is C32H27FN6O6S. The summed E-state index contributed by atoms with van der Waals surface area (Å²) in [5.74, 6) is -1.03. The van der Waals surface area contributed by atoms with Gasteiger partial charge in [-0.25, -0.2) is 14.0 Å². The van der Waals surface area contributed by atoms with Gasteiger partial charge in [-0.1, -0.05) is 24.5 Å². The number of hydrogen-bond acceptors (Lipinski definition) is 13. The Kier molecular flexibility index (Phi) is 12.5. The minimum absolute atomic E-state index is 0.0388. The van der Waals surface area contributed by atoms with Crippen molar-refractivity contribution in [1.82, 2.24) is 0 Å². The molecule has 1 heterocycles. The SMILES string of the molecule is C=CC(=O)OCCOc1ccc(N=Nc2ccc(N=Nc3ccc(N=Nc4ccc(OCCOC(=O)C=C)s4)cc3F)cc2)cc1. The second-order valence-corrected chi connectivity index (χ2v) is 9.80. The van der Waals surface area contributed by atoms with Gasteiger partial charge in [0.1, 0.15) is 42.9 Å². The van der Waals surface area contributed by atoms with Crippen molar-refractivity contribution in [3.05, 3.63) is 110 Å². The number of thiophene rings is 1. The van der Waals surface area contributed by atoms with E-state index in [1.165, 1.54) is 23.5 Å². The summed E-state index contributed by atoms with van der Waals surface area (Å²) in [6.45, 7) is 7.25. The summed E-state index contributed by atoms with van der Waals surface area (Å²) < 4.78 is 35.3. The molecule has 12 nitrogen and oxygen atoms in total. The van der Waals surface area contributed by atoms with E-state index in [1.54, 1.807) is 66.7 Å². The number of hydrogen-bond donors (Lipinski definition) is 0. The van der Waals surface area contributed by atoms with Crippen molar-refractivity contribution in [2.75, 3.05) is 26.4 Å². The third kappa shape index (κ3) is 11.0. The van der Waals surface area contributed by atoms with Crippen molar-refractivity contribution >= 4 is 56.7 Å². The van der Waals surface area contributed by atoms with Gasteiger partial charge in [-0.15, -0.1) is 15.3 Å². The molecule has 46 heavy (non-hydrogen) atoms. The van der Waals surface area contributed by atoms with E-state index in [0.29, 0.717) is 38.6 Å². The van der Waals surface area contributed by atoms with Gasteiger partial charge in [-0.3, -0.25) is 0 Å². The molecule has 0 aliphatic heterocycles. The van der Waals surface area contributed by atoms with E-state index in [2.05, 4.69) is 43.8 Å². The molecule has 1 aromatic heterocycles. The second kappa shape index (κ2) is 17.4. The molecular weight excluding hydrogens is 615 g/mol. The zero-order valence-electron chi connectivity index (χ0n) is 24.3. The largest absolute Gasteiger partial charge is 0.490 e. The highest BCUT2D eigenvalue weighted by Gasteiger charge is 2.05. The molecule has 0 saturated heterocycles. The van der Waals surface area contributed by atoms with Crippen LogP contribution in [0.2, 0.25) is 0 Å². The predicted molar refractivity (Wildman–Crippen MR) is 169 cm³/mol. The van der Waals surface area contributed by atoms with E-state index in [-0.39, 0.29) is 32.1 Å². The van der Waals surface area contributed by atoms with Crippen molar-refractivity contribution in [2.45, 2.75) is 0 Å². The van der Waals surface area contributed by atoms with E-state index in [9.17, 15) is 14.0 Å². The molecule has 234 valence electrons. The highest BCUT2D eigenvalue weighted by Crippen LogP contribution is 2.33. The van der Waals surface area contributed by atoms with Crippen LogP contribution in [0.3, 0.4) is 0 Å². The van der Waals surface area contributed by atoms with Crippen LogP contribution in [0.4, 0.5) is 37.8 Å². The molecule has 0 N–H and O–H groups in total. The van der Waals surface area contributed by atoms with Crippen molar-refractivity contribution in [3.63, 3.8) is 0 Å². The predicted octanol–water partition coefficient (Wildman–Crippen LogP) is 9.35. The van der Waals surface area contributed by atoms with Gasteiger partial charge in [-0.2, -0.15) is 15.3 Å². The summed E-state index contributed by atoms with van der Waals surface area (Å²) >= 11 is 1.24. The minimum Gasteiger partial charge on any atom is -0.490 e. The standard InChI is InChI=1S/C32H27FN6O6S/c1-3-30(40)43-18-17-42-26-12-9-24(10-13-26)35-34-22-5-7-23(8-6-22)36-38-28-14-11-25(21-27(28)33)37-39-29-15-16-32(46-29)45-20-19-44-31(41)4-2/h3-16,21H,1-2,17-20H2. The molecule has 0 saturated carbocycles. The van der Waals surface area contributed by atoms with Crippen LogP contribution in [0.25, 0.3) is 0 Å². The van der Waals surface area contributed by atoms with E-state index >= 15 is 0 Å². The van der Waals surface area contributed by atoms with Gasteiger partial charge in [0, 0.05) is 18.2 Å². The molecule has 0 bridgehead atoms.